The molecule has 0 amide bonds. The molecule has 2 nitrogen and oxygen atoms in total. The second kappa shape index (κ2) is 8.35. The molecule has 126 valence electrons. The average Bonchev–Trinajstić information content (AvgIpc) is 2.57. The molecule has 0 saturated carbocycles. The average molecular weight is 341 g/mol. The van der Waals surface area contributed by atoms with E-state index in [1.54, 1.807) is 0 Å². The van der Waals surface area contributed by atoms with Gasteiger partial charge in [0, 0.05) is 0 Å². The molecule has 2 aromatic rings. The number of carbonyl (C=O) groups excluding carboxylic acids is 1. The smallest absolute Gasteiger partial charge is 0.234 e. The van der Waals surface area contributed by atoms with Crippen molar-refractivity contribution in [3.05, 3.63) is 69.8 Å². The molecule has 0 aliphatic carbocycles. The molecule has 0 spiro atoms. The van der Waals surface area contributed by atoms with Crippen LogP contribution >= 0.6 is 7.80 Å². The highest BCUT2D eigenvalue weighted by Crippen LogP contribution is 2.33. The molecule has 24 heavy (non-hydrogen) atoms. The van der Waals surface area contributed by atoms with Crippen molar-refractivity contribution >= 4 is 13.3 Å². The van der Waals surface area contributed by atoms with Crippen molar-refractivity contribution in [1.82, 2.24) is 0 Å². The number of rotatable bonds is 7. The highest BCUT2D eigenvalue weighted by molar-refractivity contribution is 7.64. The van der Waals surface area contributed by atoms with E-state index in [2.05, 4.69) is 12.1 Å². The van der Waals surface area contributed by atoms with Gasteiger partial charge in [-0.25, -0.2) is 4.79 Å². The Balaban J connectivity index is 1.96. The van der Waals surface area contributed by atoms with Crippen molar-refractivity contribution < 1.29 is 9.36 Å². The fraction of sp³-hybridized carbons (Fsp3) is 0.381. The van der Waals surface area contributed by atoms with Crippen LogP contribution in [0, 0.1) is 27.7 Å². The Labute approximate surface area is 146 Å². The standard InChI is InChI=1S/C21H26O2P/c1-15-14-16(2)20(18(4)17(15)3)21(22)24(23)13-9-8-12-19-10-6-5-7-11-19/h5-7,10-11,14H,8-9,12-13H2,1-4H3/q+1. The number of hydrogen-bond acceptors (Lipinski definition) is 2. The van der Waals surface area contributed by atoms with Gasteiger partial charge in [-0.2, -0.15) is 0 Å². The summed E-state index contributed by atoms with van der Waals surface area (Å²) in [4.78, 5) is 12.6. The number of aryl methyl sites for hydroxylation is 3. The van der Waals surface area contributed by atoms with Gasteiger partial charge in [0.1, 0.15) is 0 Å². The minimum Gasteiger partial charge on any atom is -0.234 e. The molecule has 0 bridgehead atoms. The summed E-state index contributed by atoms with van der Waals surface area (Å²) in [5.41, 5.74) is 6.00. The molecule has 0 saturated heterocycles. The zero-order chi connectivity index (χ0) is 17.7. The maximum atomic E-state index is 12.6. The fourth-order valence-electron chi connectivity index (χ4n) is 3.07. The van der Waals surface area contributed by atoms with Gasteiger partial charge < -0.3 is 0 Å². The van der Waals surface area contributed by atoms with Crippen LogP contribution in [-0.2, 0) is 11.0 Å². The van der Waals surface area contributed by atoms with Crippen LogP contribution in [0.5, 0.6) is 0 Å². The van der Waals surface area contributed by atoms with Crippen molar-refractivity contribution in [2.75, 3.05) is 6.16 Å². The predicted molar refractivity (Wildman–Crippen MR) is 102 cm³/mol. The van der Waals surface area contributed by atoms with Crippen molar-refractivity contribution in [1.29, 1.82) is 0 Å². The molecule has 0 aliphatic rings. The van der Waals surface area contributed by atoms with Gasteiger partial charge >= 0.3 is 13.3 Å². The van der Waals surface area contributed by atoms with Gasteiger partial charge in [0.2, 0.25) is 0 Å². The van der Waals surface area contributed by atoms with Crippen LogP contribution in [-0.4, -0.2) is 11.7 Å². The van der Waals surface area contributed by atoms with Crippen molar-refractivity contribution in [3.63, 3.8) is 0 Å². The van der Waals surface area contributed by atoms with Crippen molar-refractivity contribution in [2.24, 2.45) is 0 Å². The van der Waals surface area contributed by atoms with Gasteiger partial charge in [-0.15, -0.1) is 0 Å². The largest absolute Gasteiger partial charge is 0.420 e. The molecule has 2 aromatic carbocycles. The molecule has 0 aromatic heterocycles. The quantitative estimate of drug-likeness (QED) is 0.463. The van der Waals surface area contributed by atoms with E-state index in [9.17, 15) is 9.36 Å². The van der Waals surface area contributed by atoms with E-state index in [0.717, 1.165) is 36.0 Å². The van der Waals surface area contributed by atoms with E-state index in [1.807, 2.05) is 52.0 Å². The Morgan fingerprint density at radius 3 is 2.25 bits per heavy atom. The van der Waals surface area contributed by atoms with E-state index in [1.165, 1.54) is 11.1 Å². The van der Waals surface area contributed by atoms with E-state index in [-0.39, 0.29) is 5.52 Å². The van der Waals surface area contributed by atoms with Gasteiger partial charge in [-0.05, 0) is 74.8 Å². The maximum Gasteiger partial charge on any atom is 0.420 e. The molecule has 0 radical (unpaired) electrons. The molecule has 3 heteroatoms. The molecule has 2 rings (SSSR count). The zero-order valence-electron chi connectivity index (χ0n) is 15.1. The Morgan fingerprint density at radius 1 is 0.917 bits per heavy atom. The maximum absolute atomic E-state index is 12.6. The van der Waals surface area contributed by atoms with Gasteiger partial charge in [0.25, 0.3) is 0 Å². The van der Waals surface area contributed by atoms with E-state index in [4.69, 9.17) is 0 Å². The van der Waals surface area contributed by atoms with Crippen LogP contribution < -0.4 is 0 Å². The summed E-state index contributed by atoms with van der Waals surface area (Å²) in [5.74, 6) is 0. The lowest BCUT2D eigenvalue weighted by Gasteiger charge is -2.10. The summed E-state index contributed by atoms with van der Waals surface area (Å²) < 4.78 is 12.5. The van der Waals surface area contributed by atoms with Gasteiger partial charge in [-0.1, -0.05) is 41.0 Å². The SMILES string of the molecule is Cc1cc(C)c(C(=O)[P+](=O)CCCCc2ccccc2)c(C)c1C. The zero-order valence-corrected chi connectivity index (χ0v) is 16.0. The second-order valence-electron chi connectivity index (χ2n) is 6.49. The number of carbonyl (C=O) groups is 1. The summed E-state index contributed by atoms with van der Waals surface area (Å²) in [6.07, 6.45) is 3.23. The molecule has 0 heterocycles. The summed E-state index contributed by atoms with van der Waals surface area (Å²) in [6.45, 7) is 7.97. The third-order valence-electron chi connectivity index (χ3n) is 4.72. The molecule has 0 fully saturated rings. The van der Waals surface area contributed by atoms with Crippen LogP contribution in [0.3, 0.4) is 0 Å². The number of unbranched alkanes of at least 4 members (excludes halogenated alkanes) is 1. The van der Waals surface area contributed by atoms with Crippen molar-refractivity contribution in [3.8, 4) is 0 Å². The minimum atomic E-state index is -1.84. The Morgan fingerprint density at radius 2 is 1.58 bits per heavy atom. The predicted octanol–water partition coefficient (Wildman–Crippen LogP) is 5.91. The van der Waals surface area contributed by atoms with Crippen LogP contribution in [0.1, 0.15) is 51.0 Å². The third kappa shape index (κ3) is 4.39. The summed E-state index contributed by atoms with van der Waals surface area (Å²) in [5, 5.41) is 0. The van der Waals surface area contributed by atoms with Crippen LogP contribution in [0.25, 0.3) is 0 Å². The molecule has 0 aliphatic heterocycles. The normalized spacial score (nSPS) is 11.4. The monoisotopic (exact) mass is 341 g/mol. The Bertz CT molecular complexity index is 748. The highest BCUT2D eigenvalue weighted by atomic mass is 31.1. The third-order valence-corrected chi connectivity index (χ3v) is 6.12. The first kappa shape index (κ1) is 18.5. The first-order chi connectivity index (χ1) is 11.4. The second-order valence-corrected chi connectivity index (χ2v) is 8.10. The van der Waals surface area contributed by atoms with E-state index in [0.29, 0.717) is 11.7 Å². The Hall–Kier alpha value is -1.79. The topological polar surface area (TPSA) is 34.1 Å². The fourth-order valence-corrected chi connectivity index (χ4v) is 4.38. The number of benzene rings is 2. The molecule has 1 unspecified atom stereocenters. The lowest BCUT2D eigenvalue weighted by atomic mass is 9.95. The summed E-state index contributed by atoms with van der Waals surface area (Å²) >= 11 is 0. The lowest BCUT2D eigenvalue weighted by molar-refractivity contribution is 0.107. The van der Waals surface area contributed by atoms with Gasteiger partial charge in [-0.3, -0.25) is 0 Å². The first-order valence-electron chi connectivity index (χ1n) is 8.52. The molecular weight excluding hydrogens is 315 g/mol. The number of hydrogen-bond donors (Lipinski definition) is 0. The van der Waals surface area contributed by atoms with E-state index < -0.39 is 7.80 Å². The van der Waals surface area contributed by atoms with E-state index >= 15 is 0 Å². The Kier molecular flexibility index (Phi) is 6.45. The molecule has 1 atom stereocenters. The van der Waals surface area contributed by atoms with Crippen molar-refractivity contribution in [2.45, 2.75) is 47.0 Å². The van der Waals surface area contributed by atoms with Gasteiger partial charge in [0.05, 0.1) is 5.56 Å². The summed E-state index contributed by atoms with van der Waals surface area (Å²) in [6, 6.07) is 12.3. The first-order valence-corrected chi connectivity index (χ1v) is 9.96. The van der Waals surface area contributed by atoms with Gasteiger partial charge in [0.15, 0.2) is 6.16 Å². The van der Waals surface area contributed by atoms with Crippen LogP contribution in [0.15, 0.2) is 36.4 Å². The lowest BCUT2D eigenvalue weighted by Crippen LogP contribution is -2.05. The summed E-state index contributed by atoms with van der Waals surface area (Å²) in [7, 11) is -1.84. The highest BCUT2D eigenvalue weighted by Gasteiger charge is 2.32. The molecular formula is C21H26O2P+. The van der Waals surface area contributed by atoms with Crippen LogP contribution in [0.2, 0.25) is 0 Å². The molecule has 0 N–H and O–H groups in total. The van der Waals surface area contributed by atoms with Crippen LogP contribution in [0.4, 0.5) is 0 Å². The minimum absolute atomic E-state index is 0.178.